The lowest BCUT2D eigenvalue weighted by Crippen LogP contribution is -2.49. The van der Waals surface area contributed by atoms with Gasteiger partial charge in [-0.15, -0.1) is 0 Å². The van der Waals surface area contributed by atoms with Gasteiger partial charge in [-0.3, -0.25) is 4.79 Å². The topological polar surface area (TPSA) is 90.1 Å². The van der Waals surface area contributed by atoms with Gasteiger partial charge in [0.05, 0.1) is 6.04 Å². The van der Waals surface area contributed by atoms with Crippen LogP contribution in [0.25, 0.3) is 0 Å². The number of imidazole rings is 1. The molecule has 3 N–H and O–H groups in total. The lowest BCUT2D eigenvalue weighted by molar-refractivity contribution is -0.124. The molecule has 2 aromatic rings. The molecule has 1 saturated heterocycles. The summed E-state index contributed by atoms with van der Waals surface area (Å²) in [6.45, 7) is 0.589. The fourth-order valence-corrected chi connectivity index (χ4v) is 3.22. The number of urea groups is 1. The number of nitrogens with zero attached hydrogens (tertiary/aromatic N) is 2. The number of carbonyl (C=O) groups excluding carboxylic acids is 2. The zero-order valence-electron chi connectivity index (χ0n) is 14.2. The van der Waals surface area contributed by atoms with Gasteiger partial charge in [0.2, 0.25) is 5.91 Å². The molecule has 132 valence electrons. The Morgan fingerprint density at radius 3 is 2.84 bits per heavy atom. The third kappa shape index (κ3) is 3.99. The lowest BCUT2D eigenvalue weighted by atomic mass is 10.0. The first-order chi connectivity index (χ1) is 12.2. The highest BCUT2D eigenvalue weighted by atomic mass is 16.2. The molecule has 2 unspecified atom stereocenters. The van der Waals surface area contributed by atoms with Gasteiger partial charge in [0, 0.05) is 32.4 Å². The fraction of sp³-hybridized carbons (Fsp3) is 0.389. The quantitative estimate of drug-likeness (QED) is 0.772. The molecule has 25 heavy (non-hydrogen) atoms. The molecule has 0 saturated carbocycles. The molecule has 1 aliphatic heterocycles. The van der Waals surface area contributed by atoms with Gasteiger partial charge in [0.15, 0.2) is 0 Å². The first-order valence-electron chi connectivity index (χ1n) is 8.51. The Balaban J connectivity index is 1.75. The van der Waals surface area contributed by atoms with Crippen LogP contribution >= 0.6 is 0 Å². The predicted octanol–water partition coefficient (Wildman–Crippen LogP) is 1.61. The molecule has 7 heteroatoms. The minimum atomic E-state index is -0.398. The van der Waals surface area contributed by atoms with E-state index in [1.807, 2.05) is 30.3 Å². The summed E-state index contributed by atoms with van der Waals surface area (Å²) in [4.78, 5) is 33.7. The van der Waals surface area contributed by atoms with Crippen LogP contribution in [0.4, 0.5) is 4.79 Å². The van der Waals surface area contributed by atoms with Gasteiger partial charge in [0.1, 0.15) is 11.9 Å². The van der Waals surface area contributed by atoms with Gasteiger partial charge < -0.3 is 20.5 Å². The number of aromatic nitrogens is 2. The van der Waals surface area contributed by atoms with Crippen LogP contribution in [-0.2, 0) is 11.2 Å². The van der Waals surface area contributed by atoms with Crippen molar-refractivity contribution in [3.8, 4) is 0 Å². The smallest absolute Gasteiger partial charge is 0.318 e. The first kappa shape index (κ1) is 17.0. The van der Waals surface area contributed by atoms with Crippen molar-refractivity contribution in [1.29, 1.82) is 0 Å². The summed E-state index contributed by atoms with van der Waals surface area (Å²) in [6, 6.07) is 8.96. The molecule has 0 radical (unpaired) electrons. The SMILES string of the molecule is CNC(=O)C1CCCN1C(=O)NC(Cc1ncc[nH]1)c1ccccc1. The molecule has 1 fully saturated rings. The van der Waals surface area contributed by atoms with E-state index >= 15 is 0 Å². The van der Waals surface area contributed by atoms with Gasteiger partial charge in [-0.05, 0) is 18.4 Å². The third-order valence-corrected chi connectivity index (χ3v) is 4.51. The summed E-state index contributed by atoms with van der Waals surface area (Å²) >= 11 is 0. The zero-order chi connectivity index (χ0) is 17.6. The molecule has 2 atom stereocenters. The lowest BCUT2D eigenvalue weighted by Gasteiger charge is -2.27. The van der Waals surface area contributed by atoms with Crippen LogP contribution in [0.5, 0.6) is 0 Å². The van der Waals surface area contributed by atoms with Crippen LogP contribution in [0.15, 0.2) is 42.7 Å². The van der Waals surface area contributed by atoms with E-state index in [9.17, 15) is 9.59 Å². The predicted molar refractivity (Wildman–Crippen MR) is 93.8 cm³/mol. The van der Waals surface area contributed by atoms with Crippen LogP contribution in [0, 0.1) is 0 Å². The number of H-pyrrole nitrogens is 1. The Morgan fingerprint density at radius 2 is 2.16 bits per heavy atom. The molecule has 1 aromatic carbocycles. The Kier molecular flexibility index (Phi) is 5.33. The van der Waals surface area contributed by atoms with Crippen LogP contribution < -0.4 is 10.6 Å². The van der Waals surface area contributed by atoms with Crippen molar-refractivity contribution in [1.82, 2.24) is 25.5 Å². The maximum atomic E-state index is 12.8. The number of carbonyl (C=O) groups is 2. The van der Waals surface area contributed by atoms with E-state index in [2.05, 4.69) is 20.6 Å². The average molecular weight is 341 g/mol. The highest BCUT2D eigenvalue weighted by molar-refractivity contribution is 5.87. The summed E-state index contributed by atoms with van der Waals surface area (Å²) in [7, 11) is 1.60. The molecule has 1 aromatic heterocycles. The average Bonchev–Trinajstić information content (AvgIpc) is 3.33. The van der Waals surface area contributed by atoms with Crippen molar-refractivity contribution in [3.63, 3.8) is 0 Å². The first-order valence-corrected chi connectivity index (χ1v) is 8.51. The summed E-state index contributed by atoms with van der Waals surface area (Å²) in [5.41, 5.74) is 1.00. The second-order valence-corrected chi connectivity index (χ2v) is 6.12. The highest BCUT2D eigenvalue weighted by Crippen LogP contribution is 2.21. The number of likely N-dealkylation sites (N-methyl/N-ethyl adjacent to an activating group) is 1. The number of amides is 3. The van der Waals surface area contributed by atoms with E-state index in [1.54, 1.807) is 24.3 Å². The molecular weight excluding hydrogens is 318 g/mol. The van der Waals surface area contributed by atoms with Gasteiger partial charge in [0.25, 0.3) is 0 Å². The van der Waals surface area contributed by atoms with Crippen molar-refractivity contribution >= 4 is 11.9 Å². The largest absolute Gasteiger partial charge is 0.357 e. The van der Waals surface area contributed by atoms with Crippen molar-refractivity contribution < 1.29 is 9.59 Å². The van der Waals surface area contributed by atoms with Crippen molar-refractivity contribution in [2.45, 2.75) is 31.3 Å². The van der Waals surface area contributed by atoms with Gasteiger partial charge in [-0.25, -0.2) is 9.78 Å². The van der Waals surface area contributed by atoms with Crippen LogP contribution in [-0.4, -0.2) is 46.4 Å². The number of aromatic amines is 1. The van der Waals surface area contributed by atoms with E-state index in [-0.39, 0.29) is 18.0 Å². The molecule has 7 nitrogen and oxygen atoms in total. The standard InChI is InChI=1S/C18H23N5O2/c1-19-17(24)15-8-5-11-23(15)18(25)22-14(12-16-20-9-10-21-16)13-6-3-2-4-7-13/h2-4,6-7,9-10,14-15H,5,8,11-12H2,1H3,(H,19,24)(H,20,21)(H,22,25). The summed E-state index contributed by atoms with van der Waals surface area (Å²) in [5, 5.41) is 5.71. The Hall–Kier alpha value is -2.83. The summed E-state index contributed by atoms with van der Waals surface area (Å²) < 4.78 is 0. The second-order valence-electron chi connectivity index (χ2n) is 6.12. The van der Waals surface area contributed by atoms with Crippen LogP contribution in [0.2, 0.25) is 0 Å². The van der Waals surface area contributed by atoms with Crippen molar-refractivity contribution in [2.75, 3.05) is 13.6 Å². The van der Waals surface area contributed by atoms with Gasteiger partial charge in [-0.1, -0.05) is 30.3 Å². The number of nitrogens with one attached hydrogen (secondary N) is 3. The molecule has 1 aliphatic rings. The van der Waals surface area contributed by atoms with Crippen LogP contribution in [0.3, 0.4) is 0 Å². The number of likely N-dealkylation sites (tertiary alicyclic amines) is 1. The molecule has 3 rings (SSSR count). The van der Waals surface area contributed by atoms with Crippen molar-refractivity contribution in [2.24, 2.45) is 0 Å². The molecular formula is C18H23N5O2. The maximum absolute atomic E-state index is 12.8. The van der Waals surface area contributed by atoms with E-state index in [1.165, 1.54) is 0 Å². The Bertz CT molecular complexity index is 702. The molecule has 0 aliphatic carbocycles. The minimum Gasteiger partial charge on any atom is -0.357 e. The molecule has 2 heterocycles. The van der Waals surface area contributed by atoms with E-state index < -0.39 is 6.04 Å². The van der Waals surface area contributed by atoms with E-state index in [4.69, 9.17) is 0 Å². The Morgan fingerprint density at radius 1 is 1.36 bits per heavy atom. The number of benzene rings is 1. The molecule has 0 spiro atoms. The third-order valence-electron chi connectivity index (χ3n) is 4.51. The number of hydrogen-bond donors (Lipinski definition) is 3. The number of rotatable bonds is 5. The van der Waals surface area contributed by atoms with Gasteiger partial charge in [-0.2, -0.15) is 0 Å². The minimum absolute atomic E-state index is 0.116. The highest BCUT2D eigenvalue weighted by Gasteiger charge is 2.34. The monoisotopic (exact) mass is 341 g/mol. The summed E-state index contributed by atoms with van der Waals surface area (Å²) in [5.74, 6) is 0.688. The second kappa shape index (κ2) is 7.83. The normalized spacial score (nSPS) is 18.0. The zero-order valence-corrected chi connectivity index (χ0v) is 14.2. The molecule has 0 bridgehead atoms. The van der Waals surface area contributed by atoms with Crippen LogP contribution in [0.1, 0.15) is 30.3 Å². The fourth-order valence-electron chi connectivity index (χ4n) is 3.22. The van der Waals surface area contributed by atoms with E-state index in [0.717, 1.165) is 17.8 Å². The maximum Gasteiger partial charge on any atom is 0.318 e. The number of hydrogen-bond acceptors (Lipinski definition) is 3. The van der Waals surface area contributed by atoms with Crippen molar-refractivity contribution in [3.05, 3.63) is 54.1 Å². The molecule has 3 amide bonds. The summed E-state index contributed by atoms with van der Waals surface area (Å²) in [6.07, 6.45) is 5.55. The van der Waals surface area contributed by atoms with E-state index in [0.29, 0.717) is 19.4 Å². The van der Waals surface area contributed by atoms with Gasteiger partial charge >= 0.3 is 6.03 Å². The Labute approximate surface area is 146 Å².